The fourth-order valence-corrected chi connectivity index (χ4v) is 1.94. The highest BCUT2D eigenvalue weighted by Gasteiger charge is 2.11. The molecule has 0 bridgehead atoms. The summed E-state index contributed by atoms with van der Waals surface area (Å²) in [6, 6.07) is 6.19. The molecule has 0 N–H and O–H groups in total. The molecule has 0 heterocycles. The zero-order valence-electron chi connectivity index (χ0n) is 13.2. The van der Waals surface area contributed by atoms with Crippen LogP contribution in [0.5, 0.6) is 5.75 Å². The van der Waals surface area contributed by atoms with Gasteiger partial charge in [0, 0.05) is 6.42 Å². The number of carbonyl (C=O) groups is 1. The molecule has 112 valence electrons. The highest BCUT2D eigenvalue weighted by molar-refractivity contribution is 5.69. The van der Waals surface area contributed by atoms with Crippen LogP contribution in [0.4, 0.5) is 0 Å². The van der Waals surface area contributed by atoms with Gasteiger partial charge in [-0.05, 0) is 35.4 Å². The van der Waals surface area contributed by atoms with E-state index < -0.39 is 0 Å². The Hall–Kier alpha value is -1.51. The van der Waals surface area contributed by atoms with Crippen molar-refractivity contribution in [1.82, 2.24) is 0 Å². The van der Waals surface area contributed by atoms with Gasteiger partial charge in [-0.2, -0.15) is 0 Å². The summed E-state index contributed by atoms with van der Waals surface area (Å²) in [5.41, 5.74) is 2.35. The molecule has 20 heavy (non-hydrogen) atoms. The maximum absolute atomic E-state index is 11.2. The zero-order valence-corrected chi connectivity index (χ0v) is 13.2. The number of hydrogen-bond donors (Lipinski definition) is 0. The lowest BCUT2D eigenvalue weighted by atomic mass is 9.97. The molecule has 0 aromatic heterocycles. The van der Waals surface area contributed by atoms with Crippen molar-refractivity contribution in [3.05, 3.63) is 29.3 Å². The van der Waals surface area contributed by atoms with Gasteiger partial charge in [0.1, 0.15) is 5.75 Å². The Kier molecular flexibility index (Phi) is 6.56. The van der Waals surface area contributed by atoms with Crippen LogP contribution >= 0.6 is 0 Å². The molecular formula is C17H26O3. The molecule has 1 aromatic rings. The SMILES string of the molecule is COC(=O)CCc1ccc(OCC(C)C)c(C(C)C)c1. The number of hydrogen-bond acceptors (Lipinski definition) is 3. The summed E-state index contributed by atoms with van der Waals surface area (Å²) in [5, 5.41) is 0. The number of ether oxygens (including phenoxy) is 2. The van der Waals surface area contributed by atoms with Crippen LogP contribution in [0.3, 0.4) is 0 Å². The summed E-state index contributed by atoms with van der Waals surface area (Å²) < 4.78 is 10.5. The minimum absolute atomic E-state index is 0.170. The maximum atomic E-state index is 11.2. The third kappa shape index (κ3) is 5.24. The summed E-state index contributed by atoms with van der Waals surface area (Å²) in [6.07, 6.45) is 1.12. The lowest BCUT2D eigenvalue weighted by Crippen LogP contribution is -2.07. The summed E-state index contributed by atoms with van der Waals surface area (Å²) in [7, 11) is 1.42. The van der Waals surface area contributed by atoms with Crippen molar-refractivity contribution in [2.75, 3.05) is 13.7 Å². The predicted octanol–water partition coefficient (Wildman–Crippen LogP) is 3.95. The summed E-state index contributed by atoms with van der Waals surface area (Å²) >= 11 is 0. The minimum Gasteiger partial charge on any atom is -0.493 e. The lowest BCUT2D eigenvalue weighted by Gasteiger charge is -2.16. The highest BCUT2D eigenvalue weighted by atomic mass is 16.5. The molecule has 0 unspecified atom stereocenters. The number of benzene rings is 1. The highest BCUT2D eigenvalue weighted by Crippen LogP contribution is 2.28. The van der Waals surface area contributed by atoms with Crippen molar-refractivity contribution >= 4 is 5.97 Å². The van der Waals surface area contributed by atoms with Gasteiger partial charge in [0.05, 0.1) is 13.7 Å². The molecule has 0 spiro atoms. The van der Waals surface area contributed by atoms with Crippen molar-refractivity contribution in [1.29, 1.82) is 0 Å². The van der Waals surface area contributed by atoms with Gasteiger partial charge in [-0.1, -0.05) is 39.8 Å². The van der Waals surface area contributed by atoms with Gasteiger partial charge in [-0.15, -0.1) is 0 Å². The van der Waals surface area contributed by atoms with Crippen molar-refractivity contribution < 1.29 is 14.3 Å². The topological polar surface area (TPSA) is 35.5 Å². The van der Waals surface area contributed by atoms with Crippen LogP contribution in [0, 0.1) is 5.92 Å². The second-order valence-corrected chi connectivity index (χ2v) is 5.81. The molecule has 3 heteroatoms. The van der Waals surface area contributed by atoms with E-state index in [1.54, 1.807) is 0 Å². The Balaban J connectivity index is 2.81. The molecule has 0 aliphatic carbocycles. The van der Waals surface area contributed by atoms with Crippen molar-refractivity contribution in [2.24, 2.45) is 5.92 Å². The molecule has 0 saturated heterocycles. The first-order valence-electron chi connectivity index (χ1n) is 7.26. The molecule has 0 amide bonds. The van der Waals surface area contributed by atoms with Gasteiger partial charge < -0.3 is 9.47 Å². The maximum Gasteiger partial charge on any atom is 0.305 e. The Labute approximate surface area is 122 Å². The van der Waals surface area contributed by atoms with Crippen molar-refractivity contribution in [2.45, 2.75) is 46.5 Å². The molecule has 0 aliphatic heterocycles. The normalized spacial score (nSPS) is 10.9. The quantitative estimate of drug-likeness (QED) is 0.708. The Bertz CT molecular complexity index is 436. The standard InChI is InChI=1S/C17H26O3/c1-12(2)11-20-16-8-6-14(7-9-17(18)19-5)10-15(16)13(3)4/h6,8,10,12-13H,7,9,11H2,1-5H3. The molecular weight excluding hydrogens is 252 g/mol. The number of aryl methyl sites for hydroxylation is 1. The van der Waals surface area contributed by atoms with Crippen LogP contribution in [0.2, 0.25) is 0 Å². The third-order valence-corrected chi connectivity index (χ3v) is 3.11. The first-order valence-corrected chi connectivity index (χ1v) is 7.26. The Morgan fingerprint density at radius 2 is 1.90 bits per heavy atom. The van der Waals surface area contributed by atoms with Crippen LogP contribution in [-0.4, -0.2) is 19.7 Å². The van der Waals surface area contributed by atoms with Crippen LogP contribution in [0.15, 0.2) is 18.2 Å². The molecule has 1 aromatic carbocycles. The van der Waals surface area contributed by atoms with Gasteiger partial charge in [-0.25, -0.2) is 0 Å². The fourth-order valence-electron chi connectivity index (χ4n) is 1.94. The van der Waals surface area contributed by atoms with Crippen LogP contribution in [-0.2, 0) is 16.0 Å². The first-order chi connectivity index (χ1) is 9.43. The van der Waals surface area contributed by atoms with E-state index in [0.717, 1.165) is 17.9 Å². The van der Waals surface area contributed by atoms with Crippen LogP contribution < -0.4 is 4.74 Å². The Morgan fingerprint density at radius 3 is 2.45 bits per heavy atom. The van der Waals surface area contributed by atoms with E-state index in [9.17, 15) is 4.79 Å². The van der Waals surface area contributed by atoms with E-state index in [2.05, 4.69) is 38.5 Å². The van der Waals surface area contributed by atoms with E-state index in [-0.39, 0.29) is 5.97 Å². The average molecular weight is 278 g/mol. The third-order valence-electron chi connectivity index (χ3n) is 3.11. The Morgan fingerprint density at radius 1 is 1.20 bits per heavy atom. The molecule has 1 rings (SSSR count). The summed E-state index contributed by atoms with van der Waals surface area (Å²) in [5.74, 6) is 1.69. The number of carbonyl (C=O) groups excluding carboxylic acids is 1. The number of methoxy groups -OCH3 is 1. The van der Waals surface area contributed by atoms with E-state index in [1.807, 2.05) is 12.1 Å². The van der Waals surface area contributed by atoms with E-state index in [0.29, 0.717) is 24.7 Å². The zero-order chi connectivity index (χ0) is 15.1. The first kappa shape index (κ1) is 16.5. The molecule has 3 nitrogen and oxygen atoms in total. The van der Waals surface area contributed by atoms with Gasteiger partial charge >= 0.3 is 5.97 Å². The largest absolute Gasteiger partial charge is 0.493 e. The average Bonchev–Trinajstić information content (AvgIpc) is 2.42. The molecule has 0 saturated carbocycles. The molecule has 0 aliphatic rings. The summed E-state index contributed by atoms with van der Waals surface area (Å²) in [4.78, 5) is 11.2. The van der Waals surface area contributed by atoms with Gasteiger partial charge in [0.2, 0.25) is 0 Å². The van der Waals surface area contributed by atoms with Crippen molar-refractivity contribution in [3.8, 4) is 5.75 Å². The molecule has 0 radical (unpaired) electrons. The number of esters is 1. The smallest absolute Gasteiger partial charge is 0.305 e. The van der Waals surface area contributed by atoms with Gasteiger partial charge in [-0.3, -0.25) is 4.79 Å². The van der Waals surface area contributed by atoms with E-state index in [1.165, 1.54) is 12.7 Å². The van der Waals surface area contributed by atoms with Crippen LogP contribution in [0.1, 0.15) is 51.2 Å². The van der Waals surface area contributed by atoms with Gasteiger partial charge in [0.15, 0.2) is 0 Å². The second kappa shape index (κ2) is 7.93. The minimum atomic E-state index is -0.170. The van der Waals surface area contributed by atoms with Crippen LogP contribution in [0.25, 0.3) is 0 Å². The second-order valence-electron chi connectivity index (χ2n) is 5.81. The van der Waals surface area contributed by atoms with E-state index in [4.69, 9.17) is 4.74 Å². The fraction of sp³-hybridized carbons (Fsp3) is 0.588. The van der Waals surface area contributed by atoms with Crippen molar-refractivity contribution in [3.63, 3.8) is 0 Å². The predicted molar refractivity (Wildman–Crippen MR) is 81.2 cm³/mol. The molecule has 0 atom stereocenters. The van der Waals surface area contributed by atoms with E-state index >= 15 is 0 Å². The lowest BCUT2D eigenvalue weighted by molar-refractivity contribution is -0.140. The molecule has 0 fully saturated rings. The number of rotatable bonds is 7. The monoisotopic (exact) mass is 278 g/mol. The van der Waals surface area contributed by atoms with Gasteiger partial charge in [0.25, 0.3) is 0 Å². The summed E-state index contributed by atoms with van der Waals surface area (Å²) in [6.45, 7) is 9.31.